The summed E-state index contributed by atoms with van der Waals surface area (Å²) >= 11 is 0. The minimum absolute atomic E-state index is 0.00838. The highest BCUT2D eigenvalue weighted by Gasteiger charge is 2.31. The van der Waals surface area contributed by atoms with E-state index in [2.05, 4.69) is 111 Å². The van der Waals surface area contributed by atoms with Crippen LogP contribution in [0.25, 0.3) is 0 Å². The van der Waals surface area contributed by atoms with Gasteiger partial charge in [-0.2, -0.15) is 0 Å². The number of carbonyl (C=O) groups is 3. The van der Waals surface area contributed by atoms with Crippen molar-refractivity contribution in [2.45, 2.75) is 142 Å². The average Bonchev–Trinajstić information content (AvgIpc) is 3.17. The van der Waals surface area contributed by atoms with Crippen LogP contribution in [-0.4, -0.2) is 80.6 Å². The van der Waals surface area contributed by atoms with E-state index in [1.807, 2.05) is 33.3 Å². The summed E-state index contributed by atoms with van der Waals surface area (Å²) in [4.78, 5) is 36.9. The van der Waals surface area contributed by atoms with Gasteiger partial charge in [-0.05, 0) is 83.5 Å². The van der Waals surface area contributed by atoms with Crippen molar-refractivity contribution in [2.75, 3.05) is 41.0 Å². The SMILES string of the molecule is CC/C=C/C/C=C/C/C=C/C/C=C/C/C=C/CCC(=O)OCC(COCCC(C(=O)O)[N+](C)(C)C)OC(=O)CCC/C=C/C/C=C/C/C=C/C/C=C/CCCCC. The van der Waals surface area contributed by atoms with Crippen LogP contribution >= 0.6 is 0 Å². The highest BCUT2D eigenvalue weighted by atomic mass is 16.6. The number of likely N-dealkylation sites (N-methyl/N-ethyl adjacent to an activating group) is 1. The largest absolute Gasteiger partial charge is 0.477 e. The Morgan fingerprint density at radius 1 is 0.544 bits per heavy atom. The lowest BCUT2D eigenvalue weighted by atomic mass is 10.1. The van der Waals surface area contributed by atoms with Crippen molar-refractivity contribution in [3.05, 3.63) is 109 Å². The van der Waals surface area contributed by atoms with Gasteiger partial charge >= 0.3 is 17.9 Å². The number of nitrogens with zero attached hydrogens (tertiary/aromatic N) is 1. The van der Waals surface area contributed by atoms with Gasteiger partial charge in [0.15, 0.2) is 12.1 Å². The predicted octanol–water partition coefficient (Wildman–Crippen LogP) is 11.7. The molecule has 2 unspecified atom stereocenters. The molecule has 0 saturated carbocycles. The molecule has 0 aliphatic carbocycles. The lowest BCUT2D eigenvalue weighted by Crippen LogP contribution is -2.50. The number of carboxylic acid groups (broad SMARTS) is 1. The van der Waals surface area contributed by atoms with Crippen LogP contribution in [0.5, 0.6) is 0 Å². The minimum Gasteiger partial charge on any atom is -0.477 e. The second-order valence-electron chi connectivity index (χ2n) is 14.9. The first kappa shape index (κ1) is 53.0. The van der Waals surface area contributed by atoms with E-state index in [4.69, 9.17) is 14.2 Å². The molecule has 0 aromatic heterocycles. The number of carboxylic acids is 1. The van der Waals surface area contributed by atoms with E-state index < -0.39 is 18.1 Å². The zero-order valence-corrected chi connectivity index (χ0v) is 36.2. The van der Waals surface area contributed by atoms with Crippen LogP contribution in [0, 0.1) is 0 Å². The van der Waals surface area contributed by atoms with Gasteiger partial charge in [0.2, 0.25) is 0 Å². The standard InChI is InChI=1S/C49H77NO7/c1-6-8-10-12-14-16-18-20-22-24-26-28-30-32-34-36-38-40-48(52)57-45(43-55-42-41-46(49(53)54)50(3,4)5)44-56-47(51)39-37-35-33-31-29-27-25-23-21-19-17-15-13-11-9-7-2/h9,11,14-17,20-23,26-29,32-35,45-46H,6-8,10,12-13,18-19,24-25,30-31,36-44H2,1-5H3/p+1/b11-9+,16-14+,17-15+,22-20+,23-21+,28-26+,29-27+,34-32+,35-33+. The van der Waals surface area contributed by atoms with Gasteiger partial charge in [-0.1, -0.05) is 136 Å². The molecule has 0 aromatic carbocycles. The number of hydrogen-bond acceptors (Lipinski definition) is 6. The van der Waals surface area contributed by atoms with Crippen molar-refractivity contribution in [3.63, 3.8) is 0 Å². The molecule has 0 aliphatic rings. The van der Waals surface area contributed by atoms with Gasteiger partial charge in [0, 0.05) is 19.3 Å². The third-order valence-corrected chi connectivity index (χ3v) is 8.67. The molecule has 320 valence electrons. The molecule has 0 saturated heterocycles. The molecule has 8 nitrogen and oxygen atoms in total. The van der Waals surface area contributed by atoms with Crippen molar-refractivity contribution in [2.24, 2.45) is 0 Å². The van der Waals surface area contributed by atoms with Crippen LogP contribution in [0.1, 0.15) is 129 Å². The Morgan fingerprint density at radius 3 is 1.46 bits per heavy atom. The molecule has 0 radical (unpaired) electrons. The van der Waals surface area contributed by atoms with Crippen molar-refractivity contribution >= 4 is 17.9 Å². The molecule has 0 spiro atoms. The van der Waals surface area contributed by atoms with Gasteiger partial charge in [0.1, 0.15) is 6.61 Å². The van der Waals surface area contributed by atoms with E-state index in [-0.39, 0.29) is 49.1 Å². The number of hydrogen-bond donors (Lipinski definition) is 1. The van der Waals surface area contributed by atoms with Crippen LogP contribution < -0.4 is 0 Å². The summed E-state index contributed by atoms with van der Waals surface area (Å²) in [5.41, 5.74) is 0. The molecule has 57 heavy (non-hydrogen) atoms. The van der Waals surface area contributed by atoms with E-state index in [9.17, 15) is 19.5 Å². The van der Waals surface area contributed by atoms with Crippen molar-refractivity contribution < 1.29 is 38.2 Å². The highest BCUT2D eigenvalue weighted by molar-refractivity contribution is 5.72. The summed E-state index contributed by atoms with van der Waals surface area (Å²) in [5.74, 6) is -1.66. The van der Waals surface area contributed by atoms with Crippen molar-refractivity contribution in [1.29, 1.82) is 0 Å². The minimum atomic E-state index is -0.898. The summed E-state index contributed by atoms with van der Waals surface area (Å²) < 4.78 is 17.1. The maximum Gasteiger partial charge on any atom is 0.362 e. The van der Waals surface area contributed by atoms with Gasteiger partial charge in [-0.25, -0.2) is 4.79 Å². The molecular weight excluding hydrogens is 715 g/mol. The Hall–Kier alpha value is -4.01. The molecule has 0 heterocycles. The number of allylic oxidation sites excluding steroid dienone is 18. The summed E-state index contributed by atoms with van der Waals surface area (Å²) in [6.45, 7) is 4.42. The fourth-order valence-corrected chi connectivity index (χ4v) is 5.37. The summed E-state index contributed by atoms with van der Waals surface area (Å²) in [6, 6.07) is -0.641. The Morgan fingerprint density at radius 2 is 1.00 bits per heavy atom. The van der Waals surface area contributed by atoms with Crippen molar-refractivity contribution in [1.82, 2.24) is 0 Å². The number of quaternary nitrogens is 1. The van der Waals surface area contributed by atoms with Crippen molar-refractivity contribution in [3.8, 4) is 0 Å². The van der Waals surface area contributed by atoms with Gasteiger partial charge in [-0.3, -0.25) is 9.59 Å². The molecule has 8 heteroatoms. The maximum absolute atomic E-state index is 12.7. The van der Waals surface area contributed by atoms with E-state index in [0.717, 1.165) is 57.8 Å². The van der Waals surface area contributed by atoms with Crippen LogP contribution in [0.4, 0.5) is 0 Å². The third kappa shape index (κ3) is 37.3. The Kier molecular flexibility index (Phi) is 36.1. The second-order valence-corrected chi connectivity index (χ2v) is 14.9. The van der Waals surface area contributed by atoms with Gasteiger partial charge in [0.05, 0.1) is 34.4 Å². The zero-order chi connectivity index (χ0) is 42.1. The topological polar surface area (TPSA) is 99.1 Å². The molecule has 0 amide bonds. The zero-order valence-electron chi connectivity index (χ0n) is 36.2. The smallest absolute Gasteiger partial charge is 0.362 e. The number of ether oxygens (including phenoxy) is 3. The van der Waals surface area contributed by atoms with E-state index in [1.165, 1.54) is 25.7 Å². The number of unbranched alkanes of at least 4 members (excludes halogenated alkanes) is 4. The van der Waals surface area contributed by atoms with Crippen LogP contribution in [0.3, 0.4) is 0 Å². The second kappa shape index (κ2) is 38.8. The van der Waals surface area contributed by atoms with Gasteiger partial charge in [-0.15, -0.1) is 0 Å². The first-order chi connectivity index (χ1) is 27.6. The fourth-order valence-electron chi connectivity index (χ4n) is 5.37. The quantitative estimate of drug-likeness (QED) is 0.0292. The lowest BCUT2D eigenvalue weighted by Gasteiger charge is -2.31. The first-order valence-electron chi connectivity index (χ1n) is 21.4. The summed E-state index contributed by atoms with van der Waals surface area (Å²) in [7, 11) is 5.47. The normalized spacial score (nSPS) is 14.1. The maximum atomic E-state index is 12.7. The summed E-state index contributed by atoms with van der Waals surface area (Å²) in [5, 5.41) is 9.61. The lowest BCUT2D eigenvalue weighted by molar-refractivity contribution is -0.887. The Labute approximate surface area is 347 Å². The highest BCUT2D eigenvalue weighted by Crippen LogP contribution is 2.10. The van der Waals surface area contributed by atoms with E-state index in [0.29, 0.717) is 19.3 Å². The van der Waals surface area contributed by atoms with Gasteiger partial charge < -0.3 is 23.8 Å². The fraction of sp³-hybridized carbons (Fsp3) is 0.571. The molecule has 0 bridgehead atoms. The number of carbonyl (C=O) groups excluding carboxylic acids is 2. The Balaban J connectivity index is 4.60. The molecule has 1 N–H and O–H groups in total. The molecule has 0 rings (SSSR count). The number of esters is 2. The molecular formula is C49H78NO7+. The third-order valence-electron chi connectivity index (χ3n) is 8.67. The van der Waals surface area contributed by atoms with Crippen LogP contribution in [-0.2, 0) is 28.6 Å². The average molecular weight is 793 g/mol. The molecule has 0 aromatic rings. The first-order valence-corrected chi connectivity index (χ1v) is 21.4. The summed E-state index contributed by atoms with van der Waals surface area (Å²) in [6.07, 6.45) is 53.0. The Bertz CT molecular complexity index is 1290. The molecule has 2 atom stereocenters. The monoisotopic (exact) mass is 793 g/mol. The molecule has 0 aliphatic heterocycles. The van der Waals surface area contributed by atoms with E-state index >= 15 is 0 Å². The van der Waals surface area contributed by atoms with E-state index in [1.54, 1.807) is 0 Å². The predicted molar refractivity (Wildman–Crippen MR) is 238 cm³/mol. The number of rotatable bonds is 36. The number of aliphatic carboxylic acids is 1. The molecule has 0 fully saturated rings. The van der Waals surface area contributed by atoms with Crippen LogP contribution in [0.15, 0.2) is 109 Å². The van der Waals surface area contributed by atoms with Gasteiger partial charge in [0.25, 0.3) is 0 Å². The van der Waals surface area contributed by atoms with Crippen LogP contribution in [0.2, 0.25) is 0 Å².